The first-order valence-electron chi connectivity index (χ1n) is 7.50. The number of rotatable bonds is 9. The molecule has 6 heteroatoms. The zero-order valence-electron chi connectivity index (χ0n) is 14.0. The number of hydrogen-bond acceptors (Lipinski definition) is 6. The lowest BCUT2D eigenvalue weighted by molar-refractivity contribution is -0.161. The van der Waals surface area contributed by atoms with Gasteiger partial charge in [-0.1, -0.05) is 6.08 Å². The number of carbonyl (C=O) groups excluding carboxylic acids is 3. The molecule has 0 bridgehead atoms. The summed E-state index contributed by atoms with van der Waals surface area (Å²) in [5.41, 5.74) is 0.863. The number of ether oxygens (including phenoxy) is 3. The van der Waals surface area contributed by atoms with E-state index in [1.54, 1.807) is 20.8 Å². The minimum absolute atomic E-state index is 0.215. The maximum atomic E-state index is 11.8. The van der Waals surface area contributed by atoms with E-state index in [1.807, 2.05) is 13.0 Å². The standard InChI is InChI=1S/C16H26O6/c1-6-20-15(18)14(16(19)21-7-2)10-8-9-11(3)12(4)22-13(5)17/h9,12,14H,6-8,10H2,1-5H3/b11-9+/t12-/m1/s1. The number of esters is 3. The van der Waals surface area contributed by atoms with E-state index in [9.17, 15) is 14.4 Å². The molecule has 0 fully saturated rings. The smallest absolute Gasteiger partial charge is 0.320 e. The lowest BCUT2D eigenvalue weighted by Gasteiger charge is -2.15. The van der Waals surface area contributed by atoms with Crippen LogP contribution in [0.5, 0.6) is 0 Å². The van der Waals surface area contributed by atoms with Crippen molar-refractivity contribution in [1.29, 1.82) is 0 Å². The fourth-order valence-electron chi connectivity index (χ4n) is 1.80. The van der Waals surface area contributed by atoms with Crippen molar-refractivity contribution in [3.05, 3.63) is 11.6 Å². The molecule has 0 amide bonds. The zero-order valence-corrected chi connectivity index (χ0v) is 14.0. The van der Waals surface area contributed by atoms with Gasteiger partial charge in [0.1, 0.15) is 6.10 Å². The summed E-state index contributed by atoms with van der Waals surface area (Å²) >= 11 is 0. The Balaban J connectivity index is 4.64. The molecule has 0 N–H and O–H groups in total. The lowest BCUT2D eigenvalue weighted by atomic mass is 10.0. The average Bonchev–Trinajstić information content (AvgIpc) is 2.42. The van der Waals surface area contributed by atoms with Crippen molar-refractivity contribution in [2.24, 2.45) is 5.92 Å². The molecule has 6 nitrogen and oxygen atoms in total. The van der Waals surface area contributed by atoms with Crippen LogP contribution in [0.25, 0.3) is 0 Å². The molecule has 0 saturated heterocycles. The Kier molecular flexibility index (Phi) is 9.91. The highest BCUT2D eigenvalue weighted by atomic mass is 16.6. The highest BCUT2D eigenvalue weighted by molar-refractivity contribution is 5.94. The molecule has 0 rings (SSSR count). The van der Waals surface area contributed by atoms with E-state index in [1.165, 1.54) is 6.92 Å². The second kappa shape index (κ2) is 10.8. The molecule has 0 aromatic carbocycles. The minimum Gasteiger partial charge on any atom is -0.465 e. The van der Waals surface area contributed by atoms with Crippen molar-refractivity contribution in [3.63, 3.8) is 0 Å². The summed E-state index contributed by atoms with van der Waals surface area (Å²) in [7, 11) is 0. The van der Waals surface area contributed by atoms with Crippen molar-refractivity contribution in [2.75, 3.05) is 13.2 Å². The first-order valence-corrected chi connectivity index (χ1v) is 7.50. The molecule has 0 unspecified atom stereocenters. The van der Waals surface area contributed by atoms with Gasteiger partial charge in [0.05, 0.1) is 13.2 Å². The normalized spacial score (nSPS) is 12.7. The van der Waals surface area contributed by atoms with Gasteiger partial charge < -0.3 is 14.2 Å². The van der Waals surface area contributed by atoms with Gasteiger partial charge in [-0.3, -0.25) is 14.4 Å². The molecular formula is C16H26O6. The van der Waals surface area contributed by atoms with Crippen LogP contribution in [0.15, 0.2) is 11.6 Å². The third-order valence-electron chi connectivity index (χ3n) is 3.05. The van der Waals surface area contributed by atoms with E-state index in [0.717, 1.165) is 5.57 Å². The summed E-state index contributed by atoms with van der Waals surface area (Å²) in [6.45, 7) is 8.75. The molecular weight excluding hydrogens is 288 g/mol. The van der Waals surface area contributed by atoms with Crippen molar-refractivity contribution in [1.82, 2.24) is 0 Å². The molecule has 0 spiro atoms. The van der Waals surface area contributed by atoms with Gasteiger partial charge in [-0.05, 0) is 46.1 Å². The Bertz CT molecular complexity index is 395. The van der Waals surface area contributed by atoms with Gasteiger partial charge in [-0.15, -0.1) is 0 Å². The molecule has 0 radical (unpaired) electrons. The molecule has 0 aliphatic rings. The van der Waals surface area contributed by atoms with Crippen LogP contribution < -0.4 is 0 Å². The van der Waals surface area contributed by atoms with Crippen molar-refractivity contribution in [3.8, 4) is 0 Å². The Hall–Kier alpha value is -1.85. The Labute approximate surface area is 131 Å². The number of carbonyl (C=O) groups is 3. The summed E-state index contributed by atoms with van der Waals surface area (Å²) in [4.78, 5) is 34.5. The molecule has 0 aliphatic carbocycles. The third-order valence-corrected chi connectivity index (χ3v) is 3.05. The molecule has 22 heavy (non-hydrogen) atoms. The van der Waals surface area contributed by atoms with Crippen LogP contribution in [0.1, 0.15) is 47.5 Å². The van der Waals surface area contributed by atoms with Crippen LogP contribution >= 0.6 is 0 Å². The van der Waals surface area contributed by atoms with E-state index in [4.69, 9.17) is 14.2 Å². The predicted octanol–water partition coefficient (Wildman–Crippen LogP) is 2.41. The minimum atomic E-state index is -0.923. The number of hydrogen-bond donors (Lipinski definition) is 0. The maximum Gasteiger partial charge on any atom is 0.320 e. The van der Waals surface area contributed by atoms with Gasteiger partial charge in [-0.2, -0.15) is 0 Å². The molecule has 0 heterocycles. The topological polar surface area (TPSA) is 78.9 Å². The quantitative estimate of drug-likeness (QED) is 0.281. The summed E-state index contributed by atoms with van der Waals surface area (Å²) in [6.07, 6.45) is 2.29. The SMILES string of the molecule is CCOC(=O)C(CC/C=C(\C)[C@@H](C)OC(C)=O)C(=O)OCC. The summed E-state index contributed by atoms with van der Waals surface area (Å²) in [5.74, 6) is -2.41. The fourth-order valence-corrected chi connectivity index (χ4v) is 1.80. The van der Waals surface area contributed by atoms with Crippen LogP contribution in [-0.4, -0.2) is 37.2 Å². The largest absolute Gasteiger partial charge is 0.465 e. The van der Waals surface area contributed by atoms with E-state index >= 15 is 0 Å². The van der Waals surface area contributed by atoms with Crippen LogP contribution in [0.3, 0.4) is 0 Å². The van der Waals surface area contributed by atoms with E-state index < -0.39 is 17.9 Å². The van der Waals surface area contributed by atoms with Gasteiger partial charge >= 0.3 is 17.9 Å². The molecule has 1 atom stereocenters. The van der Waals surface area contributed by atoms with Crippen molar-refractivity contribution < 1.29 is 28.6 Å². The monoisotopic (exact) mass is 314 g/mol. The number of allylic oxidation sites excluding steroid dienone is 1. The van der Waals surface area contributed by atoms with Crippen LogP contribution in [-0.2, 0) is 28.6 Å². The molecule has 0 aromatic rings. The van der Waals surface area contributed by atoms with Gasteiger partial charge in [0.15, 0.2) is 5.92 Å². The van der Waals surface area contributed by atoms with E-state index in [2.05, 4.69) is 0 Å². The molecule has 0 aliphatic heterocycles. The van der Waals surface area contributed by atoms with E-state index in [-0.39, 0.29) is 25.3 Å². The Morgan fingerprint density at radius 2 is 1.50 bits per heavy atom. The van der Waals surface area contributed by atoms with Gasteiger partial charge in [0.2, 0.25) is 0 Å². The second-order valence-electron chi connectivity index (χ2n) is 4.83. The molecule has 0 saturated carbocycles. The summed E-state index contributed by atoms with van der Waals surface area (Å²) in [5, 5.41) is 0. The van der Waals surface area contributed by atoms with Gasteiger partial charge in [0, 0.05) is 6.92 Å². The first kappa shape index (κ1) is 20.1. The highest BCUT2D eigenvalue weighted by Crippen LogP contribution is 2.15. The molecule has 126 valence electrons. The van der Waals surface area contributed by atoms with Crippen LogP contribution in [0.2, 0.25) is 0 Å². The van der Waals surface area contributed by atoms with Crippen molar-refractivity contribution in [2.45, 2.75) is 53.6 Å². The summed E-state index contributed by atoms with van der Waals surface area (Å²) in [6, 6.07) is 0. The summed E-state index contributed by atoms with van der Waals surface area (Å²) < 4.78 is 14.8. The van der Waals surface area contributed by atoms with Crippen LogP contribution in [0.4, 0.5) is 0 Å². The Morgan fingerprint density at radius 1 is 1.00 bits per heavy atom. The maximum absolute atomic E-state index is 11.8. The van der Waals surface area contributed by atoms with E-state index in [0.29, 0.717) is 12.8 Å². The average molecular weight is 314 g/mol. The highest BCUT2D eigenvalue weighted by Gasteiger charge is 2.28. The second-order valence-corrected chi connectivity index (χ2v) is 4.83. The fraction of sp³-hybridized carbons (Fsp3) is 0.688. The third kappa shape index (κ3) is 7.81. The predicted molar refractivity (Wildman–Crippen MR) is 81.0 cm³/mol. The van der Waals surface area contributed by atoms with Crippen molar-refractivity contribution >= 4 is 17.9 Å². The zero-order chi connectivity index (χ0) is 17.1. The molecule has 0 aromatic heterocycles. The Morgan fingerprint density at radius 3 is 1.91 bits per heavy atom. The first-order chi connectivity index (χ1) is 10.3. The lowest BCUT2D eigenvalue weighted by Crippen LogP contribution is -2.28. The van der Waals surface area contributed by atoms with Gasteiger partial charge in [-0.25, -0.2) is 0 Å². The van der Waals surface area contributed by atoms with Crippen LogP contribution in [0, 0.1) is 5.92 Å². The van der Waals surface area contributed by atoms with Gasteiger partial charge in [0.25, 0.3) is 0 Å².